The van der Waals surface area contributed by atoms with Crippen LogP contribution in [0.4, 0.5) is 0 Å². The smallest absolute Gasteiger partial charge is 0.129 e. The van der Waals surface area contributed by atoms with Crippen LogP contribution in [0, 0.1) is 6.92 Å². The highest BCUT2D eigenvalue weighted by Gasteiger charge is 2.17. The van der Waals surface area contributed by atoms with Crippen molar-refractivity contribution in [2.75, 3.05) is 20.8 Å². The molecule has 1 atom stereocenters. The van der Waals surface area contributed by atoms with Gasteiger partial charge in [0, 0.05) is 17.0 Å². The average molecular weight is 224 g/mol. The van der Waals surface area contributed by atoms with Crippen LogP contribution in [-0.4, -0.2) is 25.9 Å². The number of rotatable bonds is 5. The highest BCUT2D eigenvalue weighted by molar-refractivity contribution is 5.50. The van der Waals surface area contributed by atoms with Gasteiger partial charge < -0.3 is 14.6 Å². The summed E-state index contributed by atoms with van der Waals surface area (Å²) in [6.45, 7) is 4.16. The number of hydrogen-bond donors (Lipinski definition) is 1. The summed E-state index contributed by atoms with van der Waals surface area (Å²) in [6, 6.07) is 3.89. The molecule has 1 aromatic rings. The maximum Gasteiger partial charge on any atom is 0.129 e. The molecule has 0 aliphatic rings. The molecule has 3 heteroatoms. The number of benzene rings is 1. The lowest BCUT2D eigenvalue weighted by atomic mass is 9.94. The van der Waals surface area contributed by atoms with Gasteiger partial charge in [0.25, 0.3) is 0 Å². The van der Waals surface area contributed by atoms with Crippen molar-refractivity contribution in [1.29, 1.82) is 0 Å². The van der Waals surface area contributed by atoms with Gasteiger partial charge in [-0.05, 0) is 19.4 Å². The highest BCUT2D eigenvalue weighted by atomic mass is 16.5. The molecule has 0 aliphatic carbocycles. The summed E-state index contributed by atoms with van der Waals surface area (Å²) in [5, 5.41) is 9.33. The van der Waals surface area contributed by atoms with Crippen molar-refractivity contribution in [3.63, 3.8) is 0 Å². The molecule has 0 saturated carbocycles. The van der Waals surface area contributed by atoms with E-state index in [0.717, 1.165) is 29.0 Å². The molecule has 0 amide bonds. The average Bonchev–Trinajstić information content (AvgIpc) is 2.31. The van der Waals surface area contributed by atoms with Crippen LogP contribution < -0.4 is 9.47 Å². The third kappa shape index (κ3) is 2.30. The second-order valence-electron chi connectivity index (χ2n) is 3.80. The Morgan fingerprint density at radius 2 is 1.94 bits per heavy atom. The molecule has 0 radical (unpaired) electrons. The second-order valence-corrected chi connectivity index (χ2v) is 3.80. The Labute approximate surface area is 97.0 Å². The van der Waals surface area contributed by atoms with E-state index in [1.807, 2.05) is 19.1 Å². The summed E-state index contributed by atoms with van der Waals surface area (Å²) < 4.78 is 10.7. The Kier molecular flexibility index (Phi) is 4.62. The third-order valence-corrected chi connectivity index (χ3v) is 2.96. The molecular formula is C13H20O3. The van der Waals surface area contributed by atoms with Gasteiger partial charge >= 0.3 is 0 Å². The van der Waals surface area contributed by atoms with Crippen LogP contribution in [0.3, 0.4) is 0 Å². The molecule has 0 fully saturated rings. The number of aliphatic hydroxyl groups excluding tert-OH is 1. The lowest BCUT2D eigenvalue weighted by Gasteiger charge is -2.19. The molecule has 1 N–H and O–H groups in total. The first-order valence-electron chi connectivity index (χ1n) is 5.51. The minimum absolute atomic E-state index is 0.125. The van der Waals surface area contributed by atoms with Gasteiger partial charge in [0.15, 0.2) is 0 Å². The zero-order valence-corrected chi connectivity index (χ0v) is 10.4. The lowest BCUT2D eigenvalue weighted by Crippen LogP contribution is -2.06. The van der Waals surface area contributed by atoms with Gasteiger partial charge in [-0.15, -0.1) is 0 Å². The Hall–Kier alpha value is -1.22. The van der Waals surface area contributed by atoms with E-state index in [9.17, 15) is 5.11 Å². The molecule has 90 valence electrons. The number of ether oxygens (including phenoxy) is 2. The standard InChI is InChI=1S/C13H20O3/c1-5-10(8-14)11-6-7-12(15-3)9(2)13(11)16-4/h6-7,10,14H,5,8H2,1-4H3. The Bertz CT molecular complexity index is 343. The van der Waals surface area contributed by atoms with E-state index in [0.29, 0.717) is 0 Å². The third-order valence-electron chi connectivity index (χ3n) is 2.96. The Morgan fingerprint density at radius 3 is 2.38 bits per heavy atom. The van der Waals surface area contributed by atoms with Crippen LogP contribution >= 0.6 is 0 Å². The molecule has 3 nitrogen and oxygen atoms in total. The summed E-state index contributed by atoms with van der Waals surface area (Å²) in [7, 11) is 3.29. The normalized spacial score (nSPS) is 12.3. The van der Waals surface area contributed by atoms with Crippen molar-refractivity contribution in [2.45, 2.75) is 26.2 Å². The van der Waals surface area contributed by atoms with E-state index in [4.69, 9.17) is 9.47 Å². The number of aliphatic hydroxyl groups is 1. The Morgan fingerprint density at radius 1 is 1.25 bits per heavy atom. The molecule has 0 saturated heterocycles. The van der Waals surface area contributed by atoms with E-state index < -0.39 is 0 Å². The van der Waals surface area contributed by atoms with Crippen molar-refractivity contribution in [3.05, 3.63) is 23.3 Å². The zero-order chi connectivity index (χ0) is 12.1. The summed E-state index contributed by atoms with van der Waals surface area (Å²) in [5.74, 6) is 1.76. The van der Waals surface area contributed by atoms with Crippen molar-refractivity contribution < 1.29 is 14.6 Å². The summed E-state index contributed by atoms with van der Waals surface area (Å²) in [4.78, 5) is 0. The quantitative estimate of drug-likeness (QED) is 0.835. The minimum Gasteiger partial charge on any atom is -0.496 e. The van der Waals surface area contributed by atoms with Crippen molar-refractivity contribution in [1.82, 2.24) is 0 Å². The van der Waals surface area contributed by atoms with E-state index in [-0.39, 0.29) is 12.5 Å². The largest absolute Gasteiger partial charge is 0.496 e. The number of hydrogen-bond acceptors (Lipinski definition) is 3. The fraction of sp³-hybridized carbons (Fsp3) is 0.538. The molecule has 1 rings (SSSR count). The Balaban J connectivity index is 3.24. The molecule has 0 heterocycles. The first-order valence-corrected chi connectivity index (χ1v) is 5.51. The summed E-state index contributed by atoms with van der Waals surface area (Å²) in [5.41, 5.74) is 2.03. The van der Waals surface area contributed by atoms with E-state index in [2.05, 4.69) is 6.92 Å². The van der Waals surface area contributed by atoms with E-state index in [1.54, 1.807) is 14.2 Å². The van der Waals surface area contributed by atoms with Gasteiger partial charge in [0.2, 0.25) is 0 Å². The molecule has 0 spiro atoms. The van der Waals surface area contributed by atoms with Crippen LogP contribution in [0.1, 0.15) is 30.4 Å². The van der Waals surface area contributed by atoms with Gasteiger partial charge in [-0.25, -0.2) is 0 Å². The lowest BCUT2D eigenvalue weighted by molar-refractivity contribution is 0.258. The molecule has 16 heavy (non-hydrogen) atoms. The van der Waals surface area contributed by atoms with Crippen molar-refractivity contribution in [2.24, 2.45) is 0 Å². The number of methoxy groups -OCH3 is 2. The van der Waals surface area contributed by atoms with Crippen LogP contribution in [0.2, 0.25) is 0 Å². The first-order chi connectivity index (χ1) is 7.69. The molecule has 0 aliphatic heterocycles. The van der Waals surface area contributed by atoms with Gasteiger partial charge in [-0.1, -0.05) is 13.0 Å². The van der Waals surface area contributed by atoms with Crippen LogP contribution in [0.15, 0.2) is 12.1 Å². The topological polar surface area (TPSA) is 38.7 Å². The summed E-state index contributed by atoms with van der Waals surface area (Å²) in [6.07, 6.45) is 0.888. The second kappa shape index (κ2) is 5.75. The van der Waals surface area contributed by atoms with Gasteiger partial charge in [-0.3, -0.25) is 0 Å². The predicted molar refractivity (Wildman–Crippen MR) is 64.4 cm³/mol. The fourth-order valence-corrected chi connectivity index (χ4v) is 1.96. The first kappa shape index (κ1) is 12.8. The SMILES string of the molecule is CCC(CO)c1ccc(OC)c(C)c1OC. The van der Waals surface area contributed by atoms with Gasteiger partial charge in [0.1, 0.15) is 11.5 Å². The molecular weight excluding hydrogens is 204 g/mol. The van der Waals surface area contributed by atoms with Crippen molar-refractivity contribution in [3.8, 4) is 11.5 Å². The maximum absolute atomic E-state index is 9.33. The van der Waals surface area contributed by atoms with Gasteiger partial charge in [0.05, 0.1) is 20.8 Å². The minimum atomic E-state index is 0.125. The van der Waals surface area contributed by atoms with Gasteiger partial charge in [-0.2, -0.15) is 0 Å². The maximum atomic E-state index is 9.33. The molecule has 1 unspecified atom stereocenters. The van der Waals surface area contributed by atoms with Crippen LogP contribution in [0.25, 0.3) is 0 Å². The highest BCUT2D eigenvalue weighted by Crippen LogP contribution is 2.36. The van der Waals surface area contributed by atoms with E-state index in [1.165, 1.54) is 0 Å². The predicted octanol–water partition coefficient (Wildman–Crippen LogP) is 2.50. The fourth-order valence-electron chi connectivity index (χ4n) is 1.96. The molecule has 0 bridgehead atoms. The zero-order valence-electron chi connectivity index (χ0n) is 10.4. The van der Waals surface area contributed by atoms with E-state index >= 15 is 0 Å². The molecule has 1 aromatic carbocycles. The monoisotopic (exact) mass is 224 g/mol. The van der Waals surface area contributed by atoms with Crippen LogP contribution in [-0.2, 0) is 0 Å². The summed E-state index contributed by atoms with van der Waals surface area (Å²) >= 11 is 0. The molecule has 0 aromatic heterocycles. The van der Waals surface area contributed by atoms with Crippen LogP contribution in [0.5, 0.6) is 11.5 Å². The van der Waals surface area contributed by atoms with Crippen molar-refractivity contribution >= 4 is 0 Å².